The number of nitrogens with one attached hydrogen (secondary N) is 1. The molecule has 0 unspecified atom stereocenters. The number of hydrogen-bond donors (Lipinski definition) is 1. The third-order valence-corrected chi connectivity index (χ3v) is 6.16. The molecular formula is C15H18N4O3S. The Morgan fingerprint density at radius 3 is 2.87 bits per heavy atom. The maximum absolute atomic E-state index is 12.8. The summed E-state index contributed by atoms with van der Waals surface area (Å²) in [5.74, 6) is 0.228. The SMILES string of the molecule is CS(=O)(=O)N1C[C@H]2CCN(C(=O)c3n[nH]c4ccccc34)C[C@H]21. The summed E-state index contributed by atoms with van der Waals surface area (Å²) >= 11 is 0. The van der Waals surface area contributed by atoms with Crippen molar-refractivity contribution < 1.29 is 13.2 Å². The van der Waals surface area contributed by atoms with Gasteiger partial charge in [0.25, 0.3) is 5.91 Å². The fraction of sp³-hybridized carbons (Fsp3) is 0.467. The van der Waals surface area contributed by atoms with E-state index >= 15 is 0 Å². The smallest absolute Gasteiger partial charge is 0.275 e. The third-order valence-electron chi connectivity index (χ3n) is 4.89. The molecule has 0 radical (unpaired) electrons. The molecular weight excluding hydrogens is 316 g/mol. The first-order chi connectivity index (χ1) is 10.9. The summed E-state index contributed by atoms with van der Waals surface area (Å²) in [5.41, 5.74) is 1.23. The molecule has 2 saturated heterocycles. The monoisotopic (exact) mass is 334 g/mol. The standard InChI is InChI=1S/C15H18N4O3S/c1-23(21,22)19-8-10-6-7-18(9-13(10)19)15(20)14-11-4-2-3-5-12(11)16-17-14/h2-5,10,13H,6-9H2,1H3,(H,16,17)/t10-,13-/m1/s1. The maximum atomic E-state index is 12.8. The lowest BCUT2D eigenvalue weighted by Gasteiger charge is -2.51. The normalized spacial score (nSPS) is 25.2. The van der Waals surface area contributed by atoms with Crippen molar-refractivity contribution in [2.75, 3.05) is 25.9 Å². The summed E-state index contributed by atoms with van der Waals surface area (Å²) in [4.78, 5) is 14.5. The zero-order valence-electron chi connectivity index (χ0n) is 12.8. The van der Waals surface area contributed by atoms with Crippen LogP contribution >= 0.6 is 0 Å². The predicted octanol–water partition coefficient (Wildman–Crippen LogP) is 0.669. The molecule has 2 atom stereocenters. The average molecular weight is 334 g/mol. The van der Waals surface area contributed by atoms with Gasteiger partial charge >= 0.3 is 0 Å². The number of fused-ring (bicyclic) bond motifs is 2. The maximum Gasteiger partial charge on any atom is 0.275 e. The van der Waals surface area contributed by atoms with Crippen LogP contribution in [0.2, 0.25) is 0 Å². The van der Waals surface area contributed by atoms with Crippen LogP contribution in [0.1, 0.15) is 16.9 Å². The zero-order chi connectivity index (χ0) is 16.2. The molecule has 1 aromatic heterocycles. The van der Waals surface area contributed by atoms with Crippen molar-refractivity contribution in [2.24, 2.45) is 5.92 Å². The Balaban J connectivity index is 1.58. The van der Waals surface area contributed by atoms with Gasteiger partial charge in [0.1, 0.15) is 0 Å². The topological polar surface area (TPSA) is 86.4 Å². The first kappa shape index (κ1) is 14.6. The van der Waals surface area contributed by atoms with Crippen LogP contribution in [0.3, 0.4) is 0 Å². The molecule has 0 saturated carbocycles. The molecule has 122 valence electrons. The van der Waals surface area contributed by atoms with Crippen LogP contribution in [0.5, 0.6) is 0 Å². The van der Waals surface area contributed by atoms with Gasteiger partial charge in [-0.25, -0.2) is 8.42 Å². The van der Waals surface area contributed by atoms with E-state index in [4.69, 9.17) is 0 Å². The average Bonchev–Trinajstić information content (AvgIpc) is 2.90. The predicted molar refractivity (Wildman–Crippen MR) is 85.4 cm³/mol. The molecule has 0 bridgehead atoms. The number of sulfonamides is 1. The van der Waals surface area contributed by atoms with E-state index in [-0.39, 0.29) is 11.9 Å². The van der Waals surface area contributed by atoms with E-state index in [1.54, 1.807) is 4.90 Å². The highest BCUT2D eigenvalue weighted by Crippen LogP contribution is 2.34. The number of carbonyl (C=O) groups is 1. The molecule has 1 amide bonds. The molecule has 2 aliphatic heterocycles. The largest absolute Gasteiger partial charge is 0.336 e. The summed E-state index contributed by atoms with van der Waals surface area (Å²) in [7, 11) is -3.20. The van der Waals surface area contributed by atoms with Crippen molar-refractivity contribution in [1.29, 1.82) is 0 Å². The second kappa shape index (κ2) is 5.04. The summed E-state index contributed by atoms with van der Waals surface area (Å²) in [6.45, 7) is 1.67. The number of aromatic nitrogens is 2. The minimum Gasteiger partial charge on any atom is -0.336 e. The summed E-state index contributed by atoms with van der Waals surface area (Å²) < 4.78 is 25.0. The van der Waals surface area contributed by atoms with Gasteiger partial charge in [-0.1, -0.05) is 18.2 Å². The lowest BCUT2D eigenvalue weighted by Crippen LogP contribution is -2.65. The molecule has 1 N–H and O–H groups in total. The Kier molecular flexibility index (Phi) is 3.21. The molecule has 4 rings (SSSR count). The van der Waals surface area contributed by atoms with Crippen LogP contribution in [0, 0.1) is 5.92 Å². The molecule has 8 heteroatoms. The van der Waals surface area contributed by atoms with Crippen molar-refractivity contribution in [3.05, 3.63) is 30.0 Å². The molecule has 23 heavy (non-hydrogen) atoms. The molecule has 1 aromatic carbocycles. The first-order valence-corrected chi connectivity index (χ1v) is 9.49. The van der Waals surface area contributed by atoms with Gasteiger partial charge in [-0.05, 0) is 18.4 Å². The lowest BCUT2D eigenvalue weighted by molar-refractivity contribution is 0.0139. The highest BCUT2D eigenvalue weighted by molar-refractivity contribution is 7.88. The van der Waals surface area contributed by atoms with Crippen LogP contribution in [0.4, 0.5) is 0 Å². The number of H-pyrrole nitrogens is 1. The molecule has 2 fully saturated rings. The number of nitrogens with zero attached hydrogens (tertiary/aromatic N) is 3. The van der Waals surface area contributed by atoms with E-state index in [0.29, 0.717) is 31.2 Å². The van der Waals surface area contributed by atoms with Crippen LogP contribution < -0.4 is 0 Å². The van der Waals surface area contributed by atoms with Crippen molar-refractivity contribution in [3.63, 3.8) is 0 Å². The number of carbonyl (C=O) groups excluding carboxylic acids is 1. The van der Waals surface area contributed by atoms with Crippen molar-refractivity contribution >= 4 is 26.8 Å². The minimum atomic E-state index is -3.20. The van der Waals surface area contributed by atoms with Crippen LogP contribution in [0.25, 0.3) is 10.9 Å². The van der Waals surface area contributed by atoms with E-state index in [0.717, 1.165) is 17.3 Å². The van der Waals surface area contributed by atoms with E-state index < -0.39 is 10.0 Å². The van der Waals surface area contributed by atoms with Crippen LogP contribution in [-0.4, -0.2) is 65.7 Å². The van der Waals surface area contributed by atoms with Crippen LogP contribution in [0.15, 0.2) is 24.3 Å². The number of para-hydroxylation sites is 1. The lowest BCUT2D eigenvalue weighted by atomic mass is 9.84. The number of amides is 1. The molecule has 2 aliphatic rings. The van der Waals surface area contributed by atoms with E-state index in [1.807, 2.05) is 24.3 Å². The second-order valence-corrected chi connectivity index (χ2v) is 8.25. The highest BCUT2D eigenvalue weighted by Gasteiger charge is 2.47. The second-order valence-electron chi connectivity index (χ2n) is 6.32. The van der Waals surface area contributed by atoms with Crippen LogP contribution in [-0.2, 0) is 10.0 Å². The number of rotatable bonds is 2. The Morgan fingerprint density at radius 1 is 1.30 bits per heavy atom. The Hall–Kier alpha value is -1.93. The van der Waals surface area contributed by atoms with Crippen molar-refractivity contribution in [3.8, 4) is 0 Å². The number of aromatic amines is 1. The molecule has 0 spiro atoms. The fourth-order valence-electron chi connectivity index (χ4n) is 3.59. The number of hydrogen-bond acceptors (Lipinski definition) is 4. The van der Waals surface area contributed by atoms with Gasteiger partial charge in [0, 0.05) is 31.1 Å². The number of likely N-dealkylation sites (tertiary alicyclic amines) is 1. The molecule has 7 nitrogen and oxygen atoms in total. The highest BCUT2D eigenvalue weighted by atomic mass is 32.2. The summed E-state index contributed by atoms with van der Waals surface area (Å²) in [6.07, 6.45) is 2.07. The van der Waals surface area contributed by atoms with Gasteiger partial charge in [0.05, 0.1) is 11.8 Å². The molecule has 0 aliphatic carbocycles. The summed E-state index contributed by atoms with van der Waals surface area (Å²) in [6, 6.07) is 7.41. The van der Waals surface area contributed by atoms with Gasteiger partial charge in [0.2, 0.25) is 10.0 Å². The Labute approximate surface area is 134 Å². The number of piperidine rings is 1. The van der Waals surface area contributed by atoms with E-state index in [1.165, 1.54) is 10.6 Å². The fourth-order valence-corrected chi connectivity index (χ4v) is 4.78. The third kappa shape index (κ3) is 2.33. The Bertz CT molecular complexity index is 876. The molecule has 3 heterocycles. The Morgan fingerprint density at radius 2 is 2.09 bits per heavy atom. The number of benzene rings is 1. The minimum absolute atomic E-state index is 0.0899. The van der Waals surface area contributed by atoms with Gasteiger partial charge in [-0.3, -0.25) is 9.89 Å². The van der Waals surface area contributed by atoms with E-state index in [9.17, 15) is 13.2 Å². The molecule has 2 aromatic rings. The van der Waals surface area contributed by atoms with Gasteiger partial charge in [-0.15, -0.1) is 0 Å². The van der Waals surface area contributed by atoms with Gasteiger partial charge < -0.3 is 4.90 Å². The summed E-state index contributed by atoms with van der Waals surface area (Å²) in [5, 5.41) is 7.82. The van der Waals surface area contributed by atoms with E-state index in [2.05, 4.69) is 10.2 Å². The van der Waals surface area contributed by atoms with Crippen molar-refractivity contribution in [2.45, 2.75) is 12.5 Å². The first-order valence-electron chi connectivity index (χ1n) is 7.64. The van der Waals surface area contributed by atoms with Crippen molar-refractivity contribution in [1.82, 2.24) is 19.4 Å². The van der Waals surface area contributed by atoms with Gasteiger partial charge in [0.15, 0.2) is 5.69 Å². The zero-order valence-corrected chi connectivity index (χ0v) is 13.6. The van der Waals surface area contributed by atoms with Gasteiger partial charge in [-0.2, -0.15) is 9.40 Å². The quantitative estimate of drug-likeness (QED) is 0.874.